The van der Waals surface area contributed by atoms with Gasteiger partial charge in [-0.1, -0.05) is 33.2 Å². The Hall–Kier alpha value is -1.46. The minimum absolute atomic E-state index is 0.461. The van der Waals surface area contributed by atoms with Crippen molar-refractivity contribution in [3.63, 3.8) is 0 Å². The smallest absolute Gasteiger partial charge is 0.313 e. The van der Waals surface area contributed by atoms with E-state index in [0.29, 0.717) is 11.3 Å². The van der Waals surface area contributed by atoms with E-state index >= 15 is 0 Å². The van der Waals surface area contributed by atoms with Crippen LogP contribution in [0, 0.1) is 6.92 Å². The molecule has 0 saturated heterocycles. The van der Waals surface area contributed by atoms with Crippen LogP contribution in [0.3, 0.4) is 0 Å². The van der Waals surface area contributed by atoms with E-state index in [0.717, 1.165) is 14.9 Å². The summed E-state index contributed by atoms with van der Waals surface area (Å²) in [5.74, 6) is -0.461. The number of benzene rings is 1. The van der Waals surface area contributed by atoms with Crippen molar-refractivity contribution in [2.45, 2.75) is 13.8 Å². The van der Waals surface area contributed by atoms with E-state index in [9.17, 15) is 4.79 Å². The molecule has 0 radical (unpaired) electrons. The fourth-order valence-electron chi connectivity index (χ4n) is 1.41. The average molecular weight is 338 g/mol. The summed E-state index contributed by atoms with van der Waals surface area (Å²) in [5, 5.41) is 5.81. The van der Waals surface area contributed by atoms with Crippen molar-refractivity contribution in [3.05, 3.63) is 56.2 Å². The first-order valence-corrected chi connectivity index (χ1v) is 7.31. The van der Waals surface area contributed by atoms with Gasteiger partial charge in [0.25, 0.3) is 0 Å². The lowest BCUT2D eigenvalue weighted by Gasteiger charge is -2.02. The highest BCUT2D eigenvalue weighted by molar-refractivity contribution is 9.10. The zero-order valence-corrected chi connectivity index (χ0v) is 12.9. The first-order valence-electron chi connectivity index (χ1n) is 5.64. The number of carbonyl (C=O) groups excluding carboxylic acids is 1. The van der Waals surface area contributed by atoms with Crippen LogP contribution in [-0.4, -0.2) is 11.7 Å². The molecular formula is C14H12BrNO2S. The molecular weight excluding hydrogens is 326 g/mol. The Morgan fingerprint density at radius 2 is 2.16 bits per heavy atom. The molecule has 0 aliphatic carbocycles. The first-order chi connectivity index (χ1) is 9.08. The zero-order chi connectivity index (χ0) is 13.8. The van der Waals surface area contributed by atoms with Gasteiger partial charge >= 0.3 is 5.97 Å². The molecule has 0 fully saturated rings. The van der Waals surface area contributed by atoms with Crippen LogP contribution in [0.2, 0.25) is 0 Å². The summed E-state index contributed by atoms with van der Waals surface area (Å²) in [6.07, 6.45) is 0. The molecule has 0 amide bonds. The van der Waals surface area contributed by atoms with E-state index in [1.54, 1.807) is 23.5 Å². The summed E-state index contributed by atoms with van der Waals surface area (Å²) in [7, 11) is 0. The van der Waals surface area contributed by atoms with Gasteiger partial charge in [-0.3, -0.25) is 0 Å². The monoisotopic (exact) mass is 337 g/mol. The third-order valence-electron chi connectivity index (χ3n) is 2.55. The molecule has 1 aromatic heterocycles. The lowest BCUT2D eigenvalue weighted by Crippen LogP contribution is -2.03. The molecule has 19 heavy (non-hydrogen) atoms. The highest BCUT2D eigenvalue weighted by Gasteiger charge is 2.09. The molecule has 98 valence electrons. The fraction of sp³-hybridized carbons (Fsp3) is 0.143. The van der Waals surface area contributed by atoms with E-state index in [-0.39, 0.29) is 0 Å². The van der Waals surface area contributed by atoms with Gasteiger partial charge < -0.3 is 4.84 Å². The third kappa shape index (κ3) is 3.52. The van der Waals surface area contributed by atoms with Gasteiger partial charge in [0.05, 0.1) is 16.2 Å². The Balaban J connectivity index is 2.09. The maximum absolute atomic E-state index is 11.8. The van der Waals surface area contributed by atoms with Crippen molar-refractivity contribution >= 4 is 38.9 Å². The van der Waals surface area contributed by atoms with Gasteiger partial charge in [-0.2, -0.15) is 0 Å². The predicted octanol–water partition coefficient (Wildman–Crippen LogP) is 4.40. The molecule has 0 N–H and O–H groups in total. The van der Waals surface area contributed by atoms with Gasteiger partial charge in [0.1, 0.15) is 0 Å². The molecule has 0 unspecified atom stereocenters. The first kappa shape index (κ1) is 14.0. The lowest BCUT2D eigenvalue weighted by atomic mass is 10.1. The van der Waals surface area contributed by atoms with Crippen LogP contribution in [0.5, 0.6) is 0 Å². The second-order valence-electron chi connectivity index (χ2n) is 4.00. The number of carbonyl (C=O) groups is 1. The van der Waals surface area contributed by atoms with Crippen LogP contribution < -0.4 is 0 Å². The lowest BCUT2D eigenvalue weighted by molar-refractivity contribution is 0.0516. The van der Waals surface area contributed by atoms with Crippen molar-refractivity contribution in [2.75, 3.05) is 0 Å². The standard InChI is InChI=1S/C14H12BrNO2S/c1-9-5-6-11(8-12(9)15)14(17)18-16-10(2)13-4-3-7-19-13/h3-8H,1-2H3. The number of aryl methyl sites for hydroxylation is 1. The number of rotatable bonds is 3. The number of nitrogens with zero attached hydrogens (tertiary/aromatic N) is 1. The van der Waals surface area contributed by atoms with Crippen molar-refractivity contribution in [3.8, 4) is 0 Å². The Morgan fingerprint density at radius 1 is 1.37 bits per heavy atom. The van der Waals surface area contributed by atoms with Gasteiger partial charge in [-0.05, 0) is 43.0 Å². The summed E-state index contributed by atoms with van der Waals surface area (Å²) in [5.41, 5.74) is 2.23. The Bertz CT molecular complexity index is 620. The molecule has 2 aromatic rings. The van der Waals surface area contributed by atoms with Crippen molar-refractivity contribution in [2.24, 2.45) is 5.16 Å². The average Bonchev–Trinajstić information content (AvgIpc) is 2.92. The van der Waals surface area contributed by atoms with E-state index < -0.39 is 5.97 Å². The molecule has 1 aromatic carbocycles. The summed E-state index contributed by atoms with van der Waals surface area (Å²) < 4.78 is 0.876. The Kier molecular flexibility index (Phi) is 4.50. The van der Waals surface area contributed by atoms with Crippen LogP contribution in [0.25, 0.3) is 0 Å². The second-order valence-corrected chi connectivity index (χ2v) is 5.80. The zero-order valence-electron chi connectivity index (χ0n) is 10.5. The molecule has 0 aliphatic rings. The predicted molar refractivity (Wildman–Crippen MR) is 80.8 cm³/mol. The quantitative estimate of drug-likeness (QED) is 0.473. The minimum atomic E-state index is -0.461. The Labute approximate surface area is 124 Å². The molecule has 2 rings (SSSR count). The number of oxime groups is 1. The SMILES string of the molecule is CC(=NOC(=O)c1ccc(C)c(Br)c1)c1cccs1. The van der Waals surface area contributed by atoms with Crippen molar-refractivity contribution < 1.29 is 9.63 Å². The minimum Gasteiger partial charge on any atom is -0.313 e. The summed E-state index contributed by atoms with van der Waals surface area (Å²) in [4.78, 5) is 17.8. The fourth-order valence-corrected chi connectivity index (χ4v) is 2.46. The van der Waals surface area contributed by atoms with Crippen molar-refractivity contribution in [1.29, 1.82) is 0 Å². The highest BCUT2D eigenvalue weighted by atomic mass is 79.9. The molecule has 0 saturated carbocycles. The summed E-state index contributed by atoms with van der Waals surface area (Å²) >= 11 is 4.94. The summed E-state index contributed by atoms with van der Waals surface area (Å²) in [6, 6.07) is 9.17. The molecule has 0 aliphatic heterocycles. The van der Waals surface area contributed by atoms with E-state index in [2.05, 4.69) is 21.1 Å². The van der Waals surface area contributed by atoms with E-state index in [4.69, 9.17) is 4.84 Å². The second kappa shape index (κ2) is 6.12. The van der Waals surface area contributed by atoms with Crippen LogP contribution in [-0.2, 0) is 4.84 Å². The number of halogens is 1. The van der Waals surface area contributed by atoms with Crippen LogP contribution in [0.15, 0.2) is 45.3 Å². The summed E-state index contributed by atoms with van der Waals surface area (Å²) in [6.45, 7) is 3.77. The molecule has 0 spiro atoms. The molecule has 5 heteroatoms. The van der Waals surface area contributed by atoms with Crippen LogP contribution in [0.1, 0.15) is 27.7 Å². The largest absolute Gasteiger partial charge is 0.365 e. The topological polar surface area (TPSA) is 38.7 Å². The van der Waals surface area contributed by atoms with Gasteiger partial charge in [-0.15, -0.1) is 11.3 Å². The Morgan fingerprint density at radius 3 is 2.79 bits per heavy atom. The molecule has 0 bridgehead atoms. The molecule has 1 heterocycles. The normalized spacial score (nSPS) is 11.4. The van der Waals surface area contributed by atoms with Crippen LogP contribution in [0.4, 0.5) is 0 Å². The van der Waals surface area contributed by atoms with Gasteiger partial charge in [0.15, 0.2) is 0 Å². The maximum atomic E-state index is 11.8. The molecule has 0 atom stereocenters. The van der Waals surface area contributed by atoms with Gasteiger partial charge in [0, 0.05) is 4.47 Å². The van der Waals surface area contributed by atoms with Gasteiger partial charge in [0.2, 0.25) is 0 Å². The number of thiophene rings is 1. The third-order valence-corrected chi connectivity index (χ3v) is 4.38. The van der Waals surface area contributed by atoms with E-state index in [1.165, 1.54) is 0 Å². The van der Waals surface area contributed by atoms with E-state index in [1.807, 2.05) is 37.4 Å². The maximum Gasteiger partial charge on any atom is 0.365 e. The van der Waals surface area contributed by atoms with Crippen LogP contribution >= 0.6 is 27.3 Å². The highest BCUT2D eigenvalue weighted by Crippen LogP contribution is 2.18. The number of hydrogen-bond donors (Lipinski definition) is 0. The van der Waals surface area contributed by atoms with Crippen molar-refractivity contribution in [1.82, 2.24) is 0 Å². The van der Waals surface area contributed by atoms with Gasteiger partial charge in [-0.25, -0.2) is 4.79 Å². The molecule has 3 nitrogen and oxygen atoms in total. The number of hydrogen-bond acceptors (Lipinski definition) is 4.